The van der Waals surface area contributed by atoms with Crippen LogP contribution in [0, 0.1) is 11.3 Å². The fraction of sp³-hybridized carbons (Fsp3) is 0.529. The molecule has 0 bridgehead atoms. The Hall–Kier alpha value is -2.02. The van der Waals surface area contributed by atoms with E-state index in [-0.39, 0.29) is 25.3 Å². The number of benzene rings is 1. The monoisotopic (exact) mass is 286 g/mol. The highest BCUT2D eigenvalue weighted by Crippen LogP contribution is 2.22. The van der Waals surface area contributed by atoms with Crippen LogP contribution >= 0.6 is 0 Å². The van der Waals surface area contributed by atoms with Gasteiger partial charge >= 0.3 is 6.09 Å². The van der Waals surface area contributed by atoms with Crippen molar-refractivity contribution in [1.29, 1.82) is 5.26 Å². The molecule has 1 amide bonds. The van der Waals surface area contributed by atoms with Gasteiger partial charge in [0.05, 0.1) is 6.07 Å². The molecule has 1 saturated carbocycles. The van der Waals surface area contributed by atoms with Gasteiger partial charge in [-0.25, -0.2) is 4.79 Å². The number of hydrogen-bond donors (Lipinski definition) is 0. The largest absolute Gasteiger partial charge is 0.445 e. The summed E-state index contributed by atoms with van der Waals surface area (Å²) in [4.78, 5) is 13.9. The van der Waals surface area contributed by atoms with Gasteiger partial charge in [0.2, 0.25) is 0 Å². The predicted molar refractivity (Wildman–Crippen MR) is 80.4 cm³/mol. The number of ether oxygens (including phenoxy) is 1. The zero-order valence-corrected chi connectivity index (χ0v) is 12.3. The Morgan fingerprint density at radius 2 is 1.86 bits per heavy atom. The number of carbonyl (C=O) groups is 1. The lowest BCUT2D eigenvalue weighted by Crippen LogP contribution is -2.40. The lowest BCUT2D eigenvalue weighted by Gasteiger charge is -2.28. The predicted octanol–water partition coefficient (Wildman–Crippen LogP) is 3.87. The molecule has 0 saturated heterocycles. The molecule has 4 nitrogen and oxygen atoms in total. The highest BCUT2D eigenvalue weighted by atomic mass is 16.6. The van der Waals surface area contributed by atoms with Gasteiger partial charge in [0.1, 0.15) is 13.2 Å². The van der Waals surface area contributed by atoms with Crippen LogP contribution in [0.3, 0.4) is 0 Å². The van der Waals surface area contributed by atoms with Gasteiger partial charge in [0.15, 0.2) is 0 Å². The molecule has 0 aliphatic heterocycles. The minimum Gasteiger partial charge on any atom is -0.445 e. The van der Waals surface area contributed by atoms with Gasteiger partial charge in [-0.15, -0.1) is 0 Å². The van der Waals surface area contributed by atoms with Crippen LogP contribution < -0.4 is 0 Å². The standard InChI is InChI=1S/C17H22N2O2/c18-12-13-19(16-10-6-1-2-7-11-16)17(20)21-14-15-8-4-3-5-9-15/h3-5,8-9,16H,1-2,6-7,10-11,13-14H2. The summed E-state index contributed by atoms with van der Waals surface area (Å²) in [5, 5.41) is 8.97. The molecule has 1 aliphatic carbocycles. The van der Waals surface area contributed by atoms with Crippen LogP contribution in [0.25, 0.3) is 0 Å². The maximum Gasteiger partial charge on any atom is 0.411 e. The molecule has 0 heterocycles. The third-order valence-electron chi connectivity index (χ3n) is 3.95. The van der Waals surface area contributed by atoms with Gasteiger partial charge in [-0.3, -0.25) is 4.90 Å². The van der Waals surface area contributed by atoms with E-state index in [1.807, 2.05) is 30.3 Å². The molecule has 1 aliphatic rings. The molecule has 1 aromatic rings. The van der Waals surface area contributed by atoms with Crippen LogP contribution in [0.15, 0.2) is 30.3 Å². The van der Waals surface area contributed by atoms with Crippen molar-refractivity contribution in [1.82, 2.24) is 4.90 Å². The van der Waals surface area contributed by atoms with E-state index in [0.29, 0.717) is 0 Å². The van der Waals surface area contributed by atoms with Gasteiger partial charge in [0.25, 0.3) is 0 Å². The number of nitrogens with zero attached hydrogens (tertiary/aromatic N) is 2. The molecule has 0 atom stereocenters. The minimum absolute atomic E-state index is 0.109. The molecular formula is C17H22N2O2. The summed E-state index contributed by atoms with van der Waals surface area (Å²) in [7, 11) is 0. The average Bonchev–Trinajstić information content (AvgIpc) is 2.80. The minimum atomic E-state index is -0.368. The Morgan fingerprint density at radius 1 is 1.19 bits per heavy atom. The number of hydrogen-bond acceptors (Lipinski definition) is 3. The van der Waals surface area contributed by atoms with Crippen LogP contribution in [0.4, 0.5) is 4.79 Å². The molecule has 21 heavy (non-hydrogen) atoms. The van der Waals surface area contributed by atoms with Crippen molar-refractivity contribution < 1.29 is 9.53 Å². The molecule has 0 unspecified atom stereocenters. The summed E-state index contributed by atoms with van der Waals surface area (Å²) in [6.07, 6.45) is 6.26. The second kappa shape index (κ2) is 8.31. The van der Waals surface area contributed by atoms with Crippen LogP contribution in [0.1, 0.15) is 44.1 Å². The molecular weight excluding hydrogens is 264 g/mol. The molecule has 112 valence electrons. The maximum atomic E-state index is 12.3. The van der Waals surface area contributed by atoms with Gasteiger partial charge in [-0.05, 0) is 18.4 Å². The number of amides is 1. The van der Waals surface area contributed by atoms with E-state index in [1.165, 1.54) is 12.8 Å². The Morgan fingerprint density at radius 3 is 2.48 bits per heavy atom. The molecule has 2 rings (SSSR count). The fourth-order valence-corrected chi connectivity index (χ4v) is 2.79. The smallest absolute Gasteiger partial charge is 0.411 e. The first-order valence-corrected chi connectivity index (χ1v) is 7.65. The summed E-state index contributed by atoms with van der Waals surface area (Å²) < 4.78 is 5.37. The summed E-state index contributed by atoms with van der Waals surface area (Å²) in [6.45, 7) is 0.368. The Balaban J connectivity index is 1.93. The first kappa shape index (κ1) is 15.4. The van der Waals surface area contributed by atoms with Gasteiger partial charge in [0, 0.05) is 6.04 Å². The van der Waals surface area contributed by atoms with Gasteiger partial charge < -0.3 is 4.74 Å². The van der Waals surface area contributed by atoms with E-state index in [1.54, 1.807) is 4.90 Å². The third-order valence-corrected chi connectivity index (χ3v) is 3.95. The Kier molecular flexibility index (Phi) is 6.08. The number of carbonyl (C=O) groups excluding carboxylic acids is 1. The molecule has 0 aromatic heterocycles. The highest BCUT2D eigenvalue weighted by Gasteiger charge is 2.25. The summed E-state index contributed by atoms with van der Waals surface area (Å²) >= 11 is 0. The van der Waals surface area contributed by atoms with Crippen molar-refractivity contribution in [3.8, 4) is 6.07 Å². The molecule has 1 fully saturated rings. The van der Waals surface area contributed by atoms with Crippen molar-refractivity contribution in [2.45, 2.75) is 51.2 Å². The second-order valence-electron chi connectivity index (χ2n) is 5.47. The van der Waals surface area contributed by atoms with Crippen molar-refractivity contribution in [2.24, 2.45) is 0 Å². The van der Waals surface area contributed by atoms with Crippen molar-refractivity contribution in [3.05, 3.63) is 35.9 Å². The first-order valence-electron chi connectivity index (χ1n) is 7.65. The number of rotatable bonds is 4. The Bertz CT molecular complexity index is 473. The second-order valence-corrected chi connectivity index (χ2v) is 5.47. The molecule has 0 radical (unpaired) electrons. The van der Waals surface area contributed by atoms with Crippen LogP contribution in [-0.4, -0.2) is 23.6 Å². The quantitative estimate of drug-likeness (QED) is 0.623. The maximum absolute atomic E-state index is 12.3. The van der Waals surface area contributed by atoms with Gasteiger partial charge in [-0.2, -0.15) is 5.26 Å². The van der Waals surface area contributed by atoms with E-state index in [4.69, 9.17) is 10.00 Å². The molecule has 4 heteroatoms. The molecule has 0 N–H and O–H groups in total. The summed E-state index contributed by atoms with van der Waals surface area (Å²) in [5.41, 5.74) is 0.962. The van der Waals surface area contributed by atoms with Crippen LogP contribution in [0.5, 0.6) is 0 Å². The van der Waals surface area contributed by atoms with Gasteiger partial charge in [-0.1, -0.05) is 56.0 Å². The summed E-state index contributed by atoms with van der Waals surface area (Å²) in [5.74, 6) is 0. The first-order chi connectivity index (χ1) is 10.3. The van der Waals surface area contributed by atoms with Crippen LogP contribution in [-0.2, 0) is 11.3 Å². The zero-order valence-electron chi connectivity index (χ0n) is 12.3. The Labute approximate surface area is 126 Å². The van der Waals surface area contributed by atoms with E-state index < -0.39 is 0 Å². The van der Waals surface area contributed by atoms with Crippen molar-refractivity contribution in [3.63, 3.8) is 0 Å². The van der Waals surface area contributed by atoms with Crippen molar-refractivity contribution >= 4 is 6.09 Å². The van der Waals surface area contributed by atoms with Crippen molar-refractivity contribution in [2.75, 3.05) is 6.54 Å². The zero-order chi connectivity index (χ0) is 14.9. The van der Waals surface area contributed by atoms with E-state index in [0.717, 1.165) is 31.2 Å². The highest BCUT2D eigenvalue weighted by molar-refractivity contribution is 5.68. The fourth-order valence-electron chi connectivity index (χ4n) is 2.79. The van der Waals surface area contributed by atoms with E-state index >= 15 is 0 Å². The van der Waals surface area contributed by atoms with E-state index in [9.17, 15) is 4.79 Å². The topological polar surface area (TPSA) is 53.3 Å². The lowest BCUT2D eigenvalue weighted by molar-refractivity contribution is 0.0826. The average molecular weight is 286 g/mol. The summed E-state index contributed by atoms with van der Waals surface area (Å²) in [6, 6.07) is 11.9. The normalized spacial score (nSPS) is 15.8. The molecule has 1 aromatic carbocycles. The third kappa shape index (κ3) is 4.78. The molecule has 0 spiro atoms. The SMILES string of the molecule is N#CCN(C(=O)OCc1ccccc1)C1CCCCCC1. The number of nitriles is 1. The van der Waals surface area contributed by atoms with E-state index in [2.05, 4.69) is 6.07 Å². The lowest BCUT2D eigenvalue weighted by atomic mass is 10.1. The van der Waals surface area contributed by atoms with Crippen LogP contribution in [0.2, 0.25) is 0 Å².